The zero-order valence-corrected chi connectivity index (χ0v) is 10.3. The van der Waals surface area contributed by atoms with E-state index in [0.29, 0.717) is 6.04 Å². The van der Waals surface area contributed by atoms with Gasteiger partial charge in [0.25, 0.3) is 0 Å². The van der Waals surface area contributed by atoms with Crippen LogP contribution in [0, 0.1) is 0 Å². The lowest BCUT2D eigenvalue weighted by Gasteiger charge is -2.26. The molecule has 0 unspecified atom stereocenters. The molecule has 0 aromatic carbocycles. The second-order valence-corrected chi connectivity index (χ2v) is 4.45. The summed E-state index contributed by atoms with van der Waals surface area (Å²) < 4.78 is 5.32. The lowest BCUT2D eigenvalue weighted by atomic mass is 10.2. The summed E-state index contributed by atoms with van der Waals surface area (Å²) in [6.45, 7) is 11.0. The Hall–Kier alpha value is -0.120. The molecule has 1 aliphatic rings. The molecule has 0 spiro atoms. The third kappa shape index (κ3) is 6.13. The summed E-state index contributed by atoms with van der Waals surface area (Å²) in [6, 6.07) is 0.680. The second kappa shape index (κ2) is 8.08. The van der Waals surface area contributed by atoms with Gasteiger partial charge in [-0.2, -0.15) is 0 Å². The van der Waals surface area contributed by atoms with E-state index in [-0.39, 0.29) is 0 Å². The smallest absolute Gasteiger partial charge is 0.0594 e. The molecule has 3 nitrogen and oxygen atoms in total. The molecule has 1 heterocycles. The van der Waals surface area contributed by atoms with E-state index in [1.165, 1.54) is 25.8 Å². The average Bonchev–Trinajstić information content (AvgIpc) is 2.26. The molecule has 0 saturated carbocycles. The van der Waals surface area contributed by atoms with Crippen LogP contribution in [0.2, 0.25) is 0 Å². The van der Waals surface area contributed by atoms with Crippen molar-refractivity contribution in [1.29, 1.82) is 0 Å². The van der Waals surface area contributed by atoms with Crippen molar-refractivity contribution < 1.29 is 4.74 Å². The van der Waals surface area contributed by atoms with E-state index in [9.17, 15) is 0 Å². The second-order valence-electron chi connectivity index (χ2n) is 4.45. The number of hydrogen-bond donors (Lipinski definition) is 1. The molecule has 90 valence electrons. The van der Waals surface area contributed by atoms with E-state index in [1.54, 1.807) is 0 Å². The molecule has 0 aromatic heterocycles. The Balaban J connectivity index is 1.91. The molecular weight excluding hydrogens is 188 g/mol. The number of ether oxygens (including phenoxy) is 1. The van der Waals surface area contributed by atoms with Crippen LogP contribution in [0.3, 0.4) is 0 Å². The van der Waals surface area contributed by atoms with E-state index in [2.05, 4.69) is 24.1 Å². The van der Waals surface area contributed by atoms with Gasteiger partial charge in [0.05, 0.1) is 13.2 Å². The number of rotatable bonds is 7. The summed E-state index contributed by atoms with van der Waals surface area (Å²) in [5.41, 5.74) is 0. The van der Waals surface area contributed by atoms with Crippen molar-refractivity contribution in [2.24, 2.45) is 0 Å². The van der Waals surface area contributed by atoms with E-state index >= 15 is 0 Å². The molecule has 1 N–H and O–H groups in total. The minimum absolute atomic E-state index is 0.680. The van der Waals surface area contributed by atoms with Gasteiger partial charge in [0.2, 0.25) is 0 Å². The van der Waals surface area contributed by atoms with Gasteiger partial charge in [0, 0.05) is 19.1 Å². The topological polar surface area (TPSA) is 24.5 Å². The predicted octanol–water partition coefficient (Wildman–Crippen LogP) is 1.49. The van der Waals surface area contributed by atoms with Crippen LogP contribution in [0.5, 0.6) is 0 Å². The van der Waals surface area contributed by atoms with E-state index < -0.39 is 0 Å². The molecule has 0 bridgehead atoms. The van der Waals surface area contributed by atoms with Crippen LogP contribution in [0.4, 0.5) is 0 Å². The van der Waals surface area contributed by atoms with Gasteiger partial charge < -0.3 is 10.1 Å². The molecule has 0 amide bonds. The zero-order valence-electron chi connectivity index (χ0n) is 10.3. The lowest BCUT2D eigenvalue weighted by Crippen LogP contribution is -2.38. The van der Waals surface area contributed by atoms with Crippen LogP contribution in [0.1, 0.15) is 33.1 Å². The monoisotopic (exact) mass is 214 g/mol. The first kappa shape index (κ1) is 12.9. The zero-order chi connectivity index (χ0) is 10.9. The van der Waals surface area contributed by atoms with Crippen molar-refractivity contribution in [3.8, 4) is 0 Å². The normalized spacial score (nSPS) is 20.4. The third-order valence-electron chi connectivity index (χ3n) is 2.97. The van der Waals surface area contributed by atoms with Gasteiger partial charge in [0.15, 0.2) is 0 Å². The Morgan fingerprint density at radius 2 is 2.07 bits per heavy atom. The summed E-state index contributed by atoms with van der Waals surface area (Å²) in [5, 5.41) is 3.57. The summed E-state index contributed by atoms with van der Waals surface area (Å²) >= 11 is 0. The van der Waals surface area contributed by atoms with Gasteiger partial charge in [0.1, 0.15) is 0 Å². The molecule has 0 aliphatic carbocycles. The van der Waals surface area contributed by atoms with Crippen LogP contribution in [-0.4, -0.2) is 50.3 Å². The fraction of sp³-hybridized carbons (Fsp3) is 1.00. The van der Waals surface area contributed by atoms with Gasteiger partial charge in [-0.15, -0.1) is 0 Å². The van der Waals surface area contributed by atoms with E-state index in [1.807, 2.05) is 0 Å². The molecule has 15 heavy (non-hydrogen) atoms. The highest BCUT2D eigenvalue weighted by atomic mass is 16.5. The molecule has 0 aromatic rings. The first-order valence-corrected chi connectivity index (χ1v) is 6.36. The molecule has 1 rings (SSSR count). The number of hydrogen-bond acceptors (Lipinski definition) is 3. The van der Waals surface area contributed by atoms with Crippen LogP contribution in [-0.2, 0) is 4.74 Å². The largest absolute Gasteiger partial charge is 0.379 e. The summed E-state index contributed by atoms with van der Waals surface area (Å²) in [5.74, 6) is 0. The highest BCUT2D eigenvalue weighted by Crippen LogP contribution is 1.98. The Morgan fingerprint density at radius 3 is 2.73 bits per heavy atom. The predicted molar refractivity (Wildman–Crippen MR) is 64.2 cm³/mol. The van der Waals surface area contributed by atoms with Crippen molar-refractivity contribution in [2.45, 2.75) is 39.2 Å². The van der Waals surface area contributed by atoms with Crippen LogP contribution < -0.4 is 5.32 Å². The summed E-state index contributed by atoms with van der Waals surface area (Å²) in [6.07, 6.45) is 3.82. The van der Waals surface area contributed by atoms with Crippen molar-refractivity contribution in [1.82, 2.24) is 10.2 Å². The van der Waals surface area contributed by atoms with Crippen molar-refractivity contribution in [3.63, 3.8) is 0 Å². The maximum Gasteiger partial charge on any atom is 0.0594 e. The van der Waals surface area contributed by atoms with E-state index in [0.717, 1.165) is 32.8 Å². The van der Waals surface area contributed by atoms with Crippen LogP contribution >= 0.6 is 0 Å². The average molecular weight is 214 g/mol. The van der Waals surface area contributed by atoms with Crippen molar-refractivity contribution >= 4 is 0 Å². The number of nitrogens with zero attached hydrogens (tertiary/aromatic N) is 1. The van der Waals surface area contributed by atoms with E-state index in [4.69, 9.17) is 4.74 Å². The molecule has 1 saturated heterocycles. The maximum atomic E-state index is 5.32. The van der Waals surface area contributed by atoms with Gasteiger partial charge in [-0.3, -0.25) is 4.90 Å². The Kier molecular flexibility index (Phi) is 6.98. The Labute approximate surface area is 94.2 Å². The molecule has 1 fully saturated rings. The summed E-state index contributed by atoms with van der Waals surface area (Å²) in [7, 11) is 0. The minimum atomic E-state index is 0.680. The van der Waals surface area contributed by atoms with Gasteiger partial charge in [-0.25, -0.2) is 0 Å². The van der Waals surface area contributed by atoms with Crippen molar-refractivity contribution in [3.05, 3.63) is 0 Å². The minimum Gasteiger partial charge on any atom is -0.379 e. The van der Waals surface area contributed by atoms with Crippen LogP contribution in [0.15, 0.2) is 0 Å². The quantitative estimate of drug-likeness (QED) is 0.650. The Bertz CT molecular complexity index is 147. The van der Waals surface area contributed by atoms with Crippen LogP contribution in [0.25, 0.3) is 0 Å². The van der Waals surface area contributed by atoms with Gasteiger partial charge in [-0.1, -0.05) is 13.3 Å². The summed E-state index contributed by atoms with van der Waals surface area (Å²) in [4.78, 5) is 2.50. The SMILES string of the molecule is CCC[C@@H](C)NCCCN1CCOCC1. The molecule has 0 radical (unpaired) electrons. The van der Waals surface area contributed by atoms with Gasteiger partial charge in [-0.05, 0) is 32.9 Å². The molecule has 1 aliphatic heterocycles. The molecular formula is C12H26N2O. The van der Waals surface area contributed by atoms with Gasteiger partial charge >= 0.3 is 0 Å². The molecule has 3 heteroatoms. The highest BCUT2D eigenvalue weighted by Gasteiger charge is 2.09. The maximum absolute atomic E-state index is 5.32. The molecule has 1 atom stereocenters. The first-order chi connectivity index (χ1) is 7.33. The van der Waals surface area contributed by atoms with Crippen molar-refractivity contribution in [2.75, 3.05) is 39.4 Å². The first-order valence-electron chi connectivity index (χ1n) is 6.36. The number of nitrogens with one attached hydrogen (secondary N) is 1. The number of morpholine rings is 1. The lowest BCUT2D eigenvalue weighted by molar-refractivity contribution is 0.0374. The standard InChI is InChI=1S/C12H26N2O/c1-3-5-12(2)13-6-4-7-14-8-10-15-11-9-14/h12-13H,3-11H2,1-2H3/t12-/m1/s1. The fourth-order valence-corrected chi connectivity index (χ4v) is 2.01. The highest BCUT2D eigenvalue weighted by molar-refractivity contribution is 4.64. The third-order valence-corrected chi connectivity index (χ3v) is 2.97. The fourth-order valence-electron chi connectivity index (χ4n) is 2.01. The Morgan fingerprint density at radius 1 is 1.33 bits per heavy atom.